The Bertz CT molecular complexity index is 2020. The van der Waals surface area contributed by atoms with E-state index in [0.717, 1.165) is 52.5 Å². The first-order chi connectivity index (χ1) is 24.6. The zero-order valence-electron chi connectivity index (χ0n) is 29.4. The molecule has 1 aromatic carbocycles. The second-order valence-corrected chi connectivity index (χ2v) is 15.8. The van der Waals surface area contributed by atoms with Crippen LogP contribution in [0.5, 0.6) is 0 Å². The zero-order valence-corrected chi connectivity index (χ0v) is 29.4. The molecular formula is C39H45FN8O3. The van der Waals surface area contributed by atoms with Crippen molar-refractivity contribution in [2.24, 2.45) is 11.8 Å². The van der Waals surface area contributed by atoms with Gasteiger partial charge in [0.05, 0.1) is 34.8 Å². The molecular weight excluding hydrogens is 647 g/mol. The van der Waals surface area contributed by atoms with Crippen LogP contribution in [0.4, 0.5) is 21.6 Å². The SMILES string of the molecule is CC(C)n1cnc2cc(-c3ccc4c(c3)N([C@H]3C[C@@H](N5C[C@H]6CC[C@H]6C5)C3)C(=O)C43CCN(C(=O)[C@@H](C)O)CC3)nc(Nc3ccncc3F)c21. The summed E-state index contributed by atoms with van der Waals surface area (Å²) < 4.78 is 16.8. The third-order valence-corrected chi connectivity index (χ3v) is 12.6. The number of rotatable bonds is 7. The Balaban J connectivity index is 1.09. The minimum Gasteiger partial charge on any atom is -0.384 e. The van der Waals surface area contributed by atoms with Crippen molar-refractivity contribution in [3.8, 4) is 11.3 Å². The molecule has 4 aromatic rings. The summed E-state index contributed by atoms with van der Waals surface area (Å²) in [6.45, 7) is 8.85. The van der Waals surface area contributed by atoms with E-state index in [2.05, 4.69) is 46.1 Å². The van der Waals surface area contributed by atoms with Gasteiger partial charge in [-0.25, -0.2) is 14.4 Å². The topological polar surface area (TPSA) is 120 Å². The molecule has 6 heterocycles. The molecule has 2 aliphatic carbocycles. The fraction of sp³-hybridized carbons (Fsp3) is 0.513. The third-order valence-electron chi connectivity index (χ3n) is 12.6. The van der Waals surface area contributed by atoms with E-state index in [9.17, 15) is 19.1 Å². The number of nitrogens with zero attached hydrogens (tertiary/aromatic N) is 7. The lowest BCUT2D eigenvalue weighted by atomic mass is 9.73. The molecule has 4 fully saturated rings. The highest BCUT2D eigenvalue weighted by Gasteiger charge is 2.56. The van der Waals surface area contributed by atoms with Gasteiger partial charge in [-0.15, -0.1) is 0 Å². The van der Waals surface area contributed by atoms with Gasteiger partial charge in [-0.3, -0.25) is 19.5 Å². The highest BCUT2D eigenvalue weighted by Crippen LogP contribution is 2.53. The lowest BCUT2D eigenvalue weighted by Gasteiger charge is -2.46. The highest BCUT2D eigenvalue weighted by atomic mass is 19.1. The zero-order chi connectivity index (χ0) is 35.2. The molecule has 1 spiro atoms. The third kappa shape index (κ3) is 5.16. The van der Waals surface area contributed by atoms with Crippen LogP contribution in [0.2, 0.25) is 0 Å². The Hall–Kier alpha value is -4.42. The van der Waals surface area contributed by atoms with Crippen LogP contribution in [0.1, 0.15) is 70.9 Å². The number of piperidine rings is 1. The number of pyridine rings is 2. The van der Waals surface area contributed by atoms with Gasteiger partial charge in [-0.1, -0.05) is 12.1 Å². The van der Waals surface area contributed by atoms with Crippen LogP contribution in [0.15, 0.2) is 49.1 Å². The Morgan fingerprint density at radius 1 is 1.04 bits per heavy atom. The van der Waals surface area contributed by atoms with Gasteiger partial charge < -0.3 is 24.8 Å². The quantitative estimate of drug-likeness (QED) is 0.264. The standard InChI is InChI=1S/C39H45FN8O3/c1-22(2)47-21-42-33-17-32(44-36(35(33)47)43-31-8-11-41-18-30(31)40)24-6-7-29-34(14-24)48(28-15-27(16-28)46-19-25-4-5-26(25)20-46)38(51)39(29)9-12-45(13-10-39)37(50)23(3)49/h6-8,11,14,17-18,21-23,25-28,49H,4-5,9-10,12-13,15-16,19-20H2,1-3H3,(H,41,43,44)/t23-,25-,26+,27-,28+/m1/s1. The molecule has 2 N–H and O–H groups in total. The number of amides is 2. The van der Waals surface area contributed by atoms with Gasteiger partial charge in [-0.2, -0.15) is 0 Å². The highest BCUT2D eigenvalue weighted by molar-refractivity contribution is 6.09. The minimum atomic E-state index is -1.07. The van der Waals surface area contributed by atoms with Crippen LogP contribution >= 0.6 is 0 Å². The van der Waals surface area contributed by atoms with Gasteiger partial charge in [0.1, 0.15) is 11.6 Å². The summed E-state index contributed by atoms with van der Waals surface area (Å²) >= 11 is 0. The maximum atomic E-state index is 14.8. The van der Waals surface area contributed by atoms with Gasteiger partial charge in [0, 0.05) is 61.8 Å². The first kappa shape index (κ1) is 32.5. The number of benzene rings is 1. The average Bonchev–Trinajstić information content (AvgIpc) is 3.73. The van der Waals surface area contributed by atoms with Gasteiger partial charge in [-0.05, 0) is 94.9 Å². The molecule has 5 aliphatic rings. The summed E-state index contributed by atoms with van der Waals surface area (Å²) in [6.07, 6.45) is 9.08. The van der Waals surface area contributed by atoms with Gasteiger partial charge >= 0.3 is 0 Å². The molecule has 2 saturated heterocycles. The number of hydrogen-bond donors (Lipinski definition) is 2. The molecule has 3 atom stereocenters. The van der Waals surface area contributed by atoms with E-state index in [1.165, 1.54) is 45.2 Å². The van der Waals surface area contributed by atoms with Gasteiger partial charge in [0.15, 0.2) is 11.6 Å². The van der Waals surface area contributed by atoms with Gasteiger partial charge in [0.25, 0.3) is 5.91 Å². The van der Waals surface area contributed by atoms with Crippen molar-refractivity contribution >= 4 is 40.0 Å². The first-order valence-electron chi connectivity index (χ1n) is 18.5. The van der Waals surface area contributed by atoms with E-state index in [0.29, 0.717) is 43.5 Å². The number of nitrogens with one attached hydrogen (secondary N) is 1. The van der Waals surface area contributed by atoms with Crippen molar-refractivity contribution in [1.29, 1.82) is 0 Å². The van der Waals surface area contributed by atoms with E-state index >= 15 is 0 Å². The maximum Gasteiger partial charge on any atom is 0.251 e. The smallest absolute Gasteiger partial charge is 0.251 e. The molecule has 0 unspecified atom stereocenters. The molecule has 2 saturated carbocycles. The number of aliphatic hydroxyl groups excluding tert-OH is 1. The van der Waals surface area contributed by atoms with Crippen LogP contribution in [-0.4, -0.2) is 90.6 Å². The number of aliphatic hydroxyl groups is 1. The lowest BCUT2D eigenvalue weighted by Crippen LogP contribution is -2.58. The molecule has 2 amide bonds. The second-order valence-electron chi connectivity index (χ2n) is 15.8. The predicted molar refractivity (Wildman–Crippen MR) is 192 cm³/mol. The molecule has 12 heteroatoms. The number of halogens is 1. The summed E-state index contributed by atoms with van der Waals surface area (Å²) in [5, 5.41) is 13.2. The molecule has 3 aliphatic heterocycles. The van der Waals surface area contributed by atoms with Crippen LogP contribution < -0.4 is 10.2 Å². The average molecular weight is 693 g/mol. The van der Waals surface area contributed by atoms with E-state index < -0.39 is 17.3 Å². The van der Waals surface area contributed by atoms with Crippen LogP contribution in [-0.2, 0) is 15.0 Å². The Kier molecular flexibility index (Phi) is 7.70. The van der Waals surface area contributed by atoms with Crippen molar-refractivity contribution in [2.45, 2.75) is 88.9 Å². The van der Waals surface area contributed by atoms with Crippen molar-refractivity contribution < 1.29 is 19.1 Å². The van der Waals surface area contributed by atoms with Crippen molar-refractivity contribution in [3.05, 3.63) is 60.4 Å². The Morgan fingerprint density at radius 2 is 1.78 bits per heavy atom. The number of likely N-dealkylation sites (tertiary alicyclic amines) is 2. The minimum absolute atomic E-state index is 0.102. The van der Waals surface area contributed by atoms with Crippen LogP contribution in [0.25, 0.3) is 22.3 Å². The number of hydrogen-bond acceptors (Lipinski definition) is 8. The first-order valence-corrected chi connectivity index (χ1v) is 18.5. The molecule has 9 rings (SSSR count). The summed E-state index contributed by atoms with van der Waals surface area (Å²) in [4.78, 5) is 47.6. The number of carbonyl (C=O) groups excluding carboxylic acids is 2. The molecule has 266 valence electrons. The largest absolute Gasteiger partial charge is 0.384 e. The van der Waals surface area contributed by atoms with Crippen LogP contribution in [0.3, 0.4) is 0 Å². The van der Waals surface area contributed by atoms with E-state index in [1.54, 1.807) is 17.3 Å². The molecule has 51 heavy (non-hydrogen) atoms. The van der Waals surface area contributed by atoms with E-state index in [4.69, 9.17) is 9.97 Å². The van der Waals surface area contributed by atoms with Crippen LogP contribution in [0, 0.1) is 17.7 Å². The van der Waals surface area contributed by atoms with E-state index in [-0.39, 0.29) is 29.6 Å². The van der Waals surface area contributed by atoms with Crippen molar-refractivity contribution in [1.82, 2.24) is 29.3 Å². The number of carbonyl (C=O) groups is 2. The number of imidazole rings is 1. The summed E-state index contributed by atoms with van der Waals surface area (Å²) in [5.41, 5.74) is 4.49. The summed E-state index contributed by atoms with van der Waals surface area (Å²) in [7, 11) is 0. The molecule has 0 radical (unpaired) electrons. The summed E-state index contributed by atoms with van der Waals surface area (Å²) in [5.74, 6) is 1.54. The molecule has 0 bridgehead atoms. The number of aromatic nitrogens is 4. The Labute approximate surface area is 296 Å². The number of anilines is 3. The predicted octanol–water partition coefficient (Wildman–Crippen LogP) is 5.42. The summed E-state index contributed by atoms with van der Waals surface area (Å²) in [6, 6.07) is 10.5. The second kappa shape index (κ2) is 12.1. The van der Waals surface area contributed by atoms with Crippen molar-refractivity contribution in [2.75, 3.05) is 36.4 Å². The maximum absolute atomic E-state index is 14.8. The Morgan fingerprint density at radius 3 is 2.45 bits per heavy atom. The molecule has 11 nitrogen and oxygen atoms in total. The van der Waals surface area contributed by atoms with Crippen molar-refractivity contribution in [3.63, 3.8) is 0 Å². The lowest BCUT2D eigenvalue weighted by molar-refractivity contribution is -0.142. The normalized spacial score (nSPS) is 26.0. The van der Waals surface area contributed by atoms with Gasteiger partial charge in [0.2, 0.25) is 5.91 Å². The van der Waals surface area contributed by atoms with E-state index in [1.807, 2.05) is 16.7 Å². The monoisotopic (exact) mass is 692 g/mol. The fourth-order valence-corrected chi connectivity index (χ4v) is 9.42. The molecule has 3 aromatic heterocycles. The number of fused-ring (bicyclic) bond motifs is 4. The fourth-order valence-electron chi connectivity index (χ4n) is 9.42.